The first kappa shape index (κ1) is 19.7. The van der Waals surface area contributed by atoms with Crippen LogP contribution in [0.2, 0.25) is 0 Å². The van der Waals surface area contributed by atoms with Gasteiger partial charge in [-0.15, -0.1) is 0 Å². The lowest BCUT2D eigenvalue weighted by atomic mass is 10.0. The van der Waals surface area contributed by atoms with Gasteiger partial charge < -0.3 is 10.6 Å². The molecule has 0 aliphatic rings. The average Bonchev–Trinajstić information content (AvgIpc) is 2.66. The van der Waals surface area contributed by atoms with Crippen LogP contribution in [0, 0.1) is 0 Å². The first-order chi connectivity index (χ1) is 12.6. The van der Waals surface area contributed by atoms with E-state index in [2.05, 4.69) is 36.6 Å². The number of aryl methyl sites for hydroxylation is 3. The fourth-order valence-corrected chi connectivity index (χ4v) is 2.96. The van der Waals surface area contributed by atoms with Gasteiger partial charge in [0.25, 0.3) is 0 Å². The van der Waals surface area contributed by atoms with Gasteiger partial charge in [0.1, 0.15) is 6.42 Å². The second kappa shape index (κ2) is 10.4. The van der Waals surface area contributed by atoms with Gasteiger partial charge in [0.05, 0.1) is 0 Å². The first-order valence-corrected chi connectivity index (χ1v) is 9.35. The Morgan fingerprint density at radius 1 is 0.846 bits per heavy atom. The Kier molecular flexibility index (Phi) is 7.87. The fourth-order valence-electron chi connectivity index (χ4n) is 2.96. The highest BCUT2D eigenvalue weighted by Gasteiger charge is 2.13. The minimum atomic E-state index is -0.263. The number of carbonyl (C=O) groups is 2. The summed E-state index contributed by atoms with van der Waals surface area (Å²) in [6.07, 6.45) is 3.31. The Bertz CT molecular complexity index is 704. The molecule has 0 unspecified atom stereocenters. The van der Waals surface area contributed by atoms with Crippen molar-refractivity contribution in [1.29, 1.82) is 0 Å². The normalized spacial score (nSPS) is 10.4. The summed E-state index contributed by atoms with van der Waals surface area (Å²) in [4.78, 5) is 24.2. The molecule has 0 aromatic heterocycles. The van der Waals surface area contributed by atoms with Gasteiger partial charge in [-0.3, -0.25) is 9.59 Å². The van der Waals surface area contributed by atoms with Gasteiger partial charge >= 0.3 is 0 Å². The number of hydrogen-bond acceptors (Lipinski definition) is 2. The second-order valence-electron chi connectivity index (χ2n) is 6.32. The van der Waals surface area contributed by atoms with Crippen molar-refractivity contribution >= 4 is 17.5 Å². The fraction of sp³-hybridized carbons (Fsp3) is 0.364. The highest BCUT2D eigenvalue weighted by Crippen LogP contribution is 2.22. The highest BCUT2D eigenvalue weighted by atomic mass is 16.2. The monoisotopic (exact) mass is 352 g/mol. The minimum absolute atomic E-state index is 0.146. The maximum Gasteiger partial charge on any atom is 0.233 e. The summed E-state index contributed by atoms with van der Waals surface area (Å²) in [6, 6.07) is 16.2. The lowest BCUT2D eigenvalue weighted by Crippen LogP contribution is -2.29. The van der Waals surface area contributed by atoms with E-state index in [4.69, 9.17) is 0 Å². The van der Waals surface area contributed by atoms with Crippen molar-refractivity contribution in [2.45, 2.75) is 46.0 Å². The van der Waals surface area contributed by atoms with E-state index in [1.807, 2.05) is 36.4 Å². The molecule has 0 saturated carbocycles. The molecule has 4 nitrogen and oxygen atoms in total. The quantitative estimate of drug-likeness (QED) is 0.531. The van der Waals surface area contributed by atoms with E-state index in [0.29, 0.717) is 6.54 Å². The molecule has 0 radical (unpaired) electrons. The summed E-state index contributed by atoms with van der Waals surface area (Å²) in [7, 11) is 0. The first-order valence-electron chi connectivity index (χ1n) is 9.35. The van der Waals surface area contributed by atoms with Crippen molar-refractivity contribution in [2.75, 3.05) is 11.9 Å². The van der Waals surface area contributed by atoms with Crippen molar-refractivity contribution < 1.29 is 9.59 Å². The van der Waals surface area contributed by atoms with E-state index in [1.165, 1.54) is 5.56 Å². The summed E-state index contributed by atoms with van der Waals surface area (Å²) in [5.41, 5.74) is 4.31. The molecule has 0 saturated heterocycles. The van der Waals surface area contributed by atoms with Crippen molar-refractivity contribution in [3.05, 3.63) is 65.2 Å². The predicted molar refractivity (Wildman–Crippen MR) is 106 cm³/mol. The molecule has 2 amide bonds. The van der Waals surface area contributed by atoms with Gasteiger partial charge in [-0.05, 0) is 42.4 Å². The van der Waals surface area contributed by atoms with Crippen LogP contribution in [0.4, 0.5) is 5.69 Å². The van der Waals surface area contributed by atoms with Gasteiger partial charge in [0, 0.05) is 12.2 Å². The van der Waals surface area contributed by atoms with Crippen LogP contribution in [-0.4, -0.2) is 18.4 Å². The van der Waals surface area contributed by atoms with Gasteiger partial charge in [-0.1, -0.05) is 62.4 Å². The molecule has 2 N–H and O–H groups in total. The van der Waals surface area contributed by atoms with Gasteiger partial charge in [-0.2, -0.15) is 0 Å². The second-order valence-corrected chi connectivity index (χ2v) is 6.32. The van der Waals surface area contributed by atoms with E-state index in [-0.39, 0.29) is 18.2 Å². The Labute approximate surface area is 156 Å². The van der Waals surface area contributed by atoms with Crippen LogP contribution in [0.1, 0.15) is 43.4 Å². The van der Waals surface area contributed by atoms with Crippen LogP contribution in [0.3, 0.4) is 0 Å². The number of hydrogen-bond donors (Lipinski definition) is 2. The zero-order valence-electron chi connectivity index (χ0n) is 15.7. The Hall–Kier alpha value is -2.62. The van der Waals surface area contributed by atoms with E-state index >= 15 is 0 Å². The standard InChI is InChI=1S/C22H28N2O2/c1-3-18-13-8-14-19(4-2)22(18)24-21(26)16-20(25)23-15-9-12-17-10-6-5-7-11-17/h5-8,10-11,13-14H,3-4,9,12,15-16H2,1-2H3,(H,23,25)(H,24,26). The SMILES string of the molecule is CCc1cccc(CC)c1NC(=O)CC(=O)NCCCc1ccccc1. The van der Waals surface area contributed by atoms with E-state index in [0.717, 1.165) is 42.5 Å². The van der Waals surface area contributed by atoms with Crippen LogP contribution < -0.4 is 10.6 Å². The third kappa shape index (κ3) is 6.03. The minimum Gasteiger partial charge on any atom is -0.356 e. The molecule has 2 aromatic rings. The Morgan fingerprint density at radius 3 is 2.12 bits per heavy atom. The van der Waals surface area contributed by atoms with E-state index < -0.39 is 0 Å². The third-order valence-corrected chi connectivity index (χ3v) is 4.39. The summed E-state index contributed by atoms with van der Waals surface area (Å²) in [5.74, 6) is -0.497. The van der Waals surface area contributed by atoms with Crippen LogP contribution in [-0.2, 0) is 28.9 Å². The number of amides is 2. The molecule has 2 aromatic carbocycles. The average molecular weight is 352 g/mol. The molecular formula is C22H28N2O2. The maximum atomic E-state index is 12.2. The number of benzene rings is 2. The largest absolute Gasteiger partial charge is 0.356 e. The molecule has 0 aliphatic heterocycles. The molecule has 2 rings (SSSR count). The predicted octanol–water partition coefficient (Wildman–Crippen LogP) is 3.89. The molecule has 0 atom stereocenters. The molecule has 138 valence electrons. The van der Waals surface area contributed by atoms with Crippen LogP contribution in [0.15, 0.2) is 48.5 Å². The van der Waals surface area contributed by atoms with E-state index in [9.17, 15) is 9.59 Å². The molecular weight excluding hydrogens is 324 g/mol. The molecule has 0 fully saturated rings. The summed E-state index contributed by atoms with van der Waals surface area (Å²) >= 11 is 0. The van der Waals surface area contributed by atoms with Gasteiger partial charge in [0.15, 0.2) is 0 Å². The Morgan fingerprint density at radius 2 is 1.50 bits per heavy atom. The smallest absolute Gasteiger partial charge is 0.233 e. The van der Waals surface area contributed by atoms with Crippen molar-refractivity contribution in [2.24, 2.45) is 0 Å². The maximum absolute atomic E-state index is 12.2. The number of anilines is 1. The highest BCUT2D eigenvalue weighted by molar-refractivity contribution is 6.04. The van der Waals surface area contributed by atoms with Crippen LogP contribution in [0.25, 0.3) is 0 Å². The number of para-hydroxylation sites is 1. The molecule has 0 heterocycles. The number of nitrogens with one attached hydrogen (secondary N) is 2. The van der Waals surface area contributed by atoms with Crippen molar-refractivity contribution in [1.82, 2.24) is 5.32 Å². The molecule has 0 spiro atoms. The zero-order chi connectivity index (χ0) is 18.8. The molecule has 0 bridgehead atoms. The van der Waals surface area contributed by atoms with Crippen LogP contribution >= 0.6 is 0 Å². The zero-order valence-corrected chi connectivity index (χ0v) is 15.7. The summed E-state index contributed by atoms with van der Waals surface area (Å²) in [5, 5.41) is 5.76. The van der Waals surface area contributed by atoms with Gasteiger partial charge in [-0.25, -0.2) is 0 Å². The van der Waals surface area contributed by atoms with E-state index in [1.54, 1.807) is 0 Å². The summed E-state index contributed by atoms with van der Waals surface area (Å²) < 4.78 is 0. The topological polar surface area (TPSA) is 58.2 Å². The lowest BCUT2D eigenvalue weighted by Gasteiger charge is -2.14. The Balaban J connectivity index is 1.78. The van der Waals surface area contributed by atoms with Crippen LogP contribution in [0.5, 0.6) is 0 Å². The van der Waals surface area contributed by atoms with Crippen molar-refractivity contribution in [3.63, 3.8) is 0 Å². The number of rotatable bonds is 9. The molecule has 0 aliphatic carbocycles. The van der Waals surface area contributed by atoms with Gasteiger partial charge in [0.2, 0.25) is 11.8 Å². The molecule has 4 heteroatoms. The number of carbonyl (C=O) groups excluding carboxylic acids is 2. The summed E-state index contributed by atoms with van der Waals surface area (Å²) in [6.45, 7) is 4.69. The third-order valence-electron chi connectivity index (χ3n) is 4.39. The molecule has 26 heavy (non-hydrogen) atoms. The lowest BCUT2D eigenvalue weighted by molar-refractivity contribution is -0.126. The van der Waals surface area contributed by atoms with Crippen molar-refractivity contribution in [3.8, 4) is 0 Å².